The number of nitrogens with zero attached hydrogens (tertiary/aromatic N) is 6. The Balaban J connectivity index is 1.42. The Kier molecular flexibility index (Phi) is 6.21. The number of aromatic nitrogens is 4. The number of imidazole rings is 1. The van der Waals surface area contributed by atoms with Crippen molar-refractivity contribution in [1.29, 1.82) is 0 Å². The number of likely N-dealkylation sites (tertiary alicyclic amines) is 1. The second-order valence-corrected chi connectivity index (χ2v) is 6.75. The van der Waals surface area contributed by atoms with Crippen LogP contribution in [0.5, 0.6) is 0 Å². The van der Waals surface area contributed by atoms with Gasteiger partial charge < -0.3 is 19.3 Å². The fourth-order valence-corrected chi connectivity index (χ4v) is 3.30. The summed E-state index contributed by atoms with van der Waals surface area (Å²) in [4.78, 5) is 24.8. The molecule has 2 aromatic heterocycles. The minimum absolute atomic E-state index is 0.0159. The van der Waals surface area contributed by atoms with Crippen LogP contribution in [0.25, 0.3) is 0 Å². The summed E-state index contributed by atoms with van der Waals surface area (Å²) in [5.74, 6) is 1.30. The first kappa shape index (κ1) is 18.4. The molecule has 0 aromatic carbocycles. The SMILES string of the molecule is Cc1nc(CN(C)[C@@H]2CCCN(C(=O)NCCn3ccnc3)CC2)no1. The van der Waals surface area contributed by atoms with Crippen molar-refractivity contribution in [3.63, 3.8) is 0 Å². The van der Waals surface area contributed by atoms with Gasteiger partial charge in [0.1, 0.15) is 0 Å². The topological polar surface area (TPSA) is 92.3 Å². The zero-order valence-corrected chi connectivity index (χ0v) is 15.5. The number of hydrogen-bond acceptors (Lipinski definition) is 6. The molecule has 0 bridgehead atoms. The van der Waals surface area contributed by atoms with Gasteiger partial charge in [-0.3, -0.25) is 4.90 Å². The molecule has 0 spiro atoms. The molecule has 1 fully saturated rings. The third-order valence-electron chi connectivity index (χ3n) is 4.77. The molecular formula is C17H27N7O2. The van der Waals surface area contributed by atoms with Crippen LogP contribution in [0.1, 0.15) is 31.0 Å². The van der Waals surface area contributed by atoms with Crippen LogP contribution >= 0.6 is 0 Å². The largest absolute Gasteiger partial charge is 0.340 e. The Bertz CT molecular complexity index is 685. The Morgan fingerprint density at radius 1 is 1.42 bits per heavy atom. The van der Waals surface area contributed by atoms with Crippen LogP contribution in [0.15, 0.2) is 23.2 Å². The second-order valence-electron chi connectivity index (χ2n) is 6.75. The molecule has 0 radical (unpaired) electrons. The molecule has 9 heteroatoms. The van der Waals surface area contributed by atoms with Crippen LogP contribution in [0.2, 0.25) is 0 Å². The number of carbonyl (C=O) groups excluding carboxylic acids is 1. The summed E-state index contributed by atoms with van der Waals surface area (Å²) in [5.41, 5.74) is 0. The number of rotatable bonds is 6. The van der Waals surface area contributed by atoms with E-state index < -0.39 is 0 Å². The summed E-state index contributed by atoms with van der Waals surface area (Å²) >= 11 is 0. The van der Waals surface area contributed by atoms with E-state index in [9.17, 15) is 4.79 Å². The molecule has 9 nitrogen and oxygen atoms in total. The zero-order valence-electron chi connectivity index (χ0n) is 15.5. The molecule has 1 atom stereocenters. The third-order valence-corrected chi connectivity index (χ3v) is 4.77. The zero-order chi connectivity index (χ0) is 18.4. The van der Waals surface area contributed by atoms with Gasteiger partial charge >= 0.3 is 6.03 Å². The van der Waals surface area contributed by atoms with Gasteiger partial charge in [0.05, 0.1) is 12.9 Å². The van der Waals surface area contributed by atoms with Crippen molar-refractivity contribution in [2.24, 2.45) is 0 Å². The molecular weight excluding hydrogens is 334 g/mol. The van der Waals surface area contributed by atoms with Crippen LogP contribution in [0.4, 0.5) is 4.79 Å². The van der Waals surface area contributed by atoms with Crippen LogP contribution in [-0.4, -0.2) is 68.2 Å². The van der Waals surface area contributed by atoms with E-state index in [-0.39, 0.29) is 6.03 Å². The molecule has 0 saturated carbocycles. The summed E-state index contributed by atoms with van der Waals surface area (Å²) in [6, 6.07) is 0.430. The predicted octanol–water partition coefficient (Wildman–Crippen LogP) is 1.27. The summed E-state index contributed by atoms with van der Waals surface area (Å²) in [6.45, 7) is 5.35. The van der Waals surface area contributed by atoms with Crippen molar-refractivity contribution in [2.45, 2.75) is 45.3 Å². The van der Waals surface area contributed by atoms with Gasteiger partial charge in [-0.25, -0.2) is 9.78 Å². The smallest absolute Gasteiger partial charge is 0.317 e. The van der Waals surface area contributed by atoms with Crippen LogP contribution in [0, 0.1) is 6.92 Å². The van der Waals surface area contributed by atoms with Crippen molar-refractivity contribution in [1.82, 2.24) is 34.8 Å². The minimum Gasteiger partial charge on any atom is -0.340 e. The lowest BCUT2D eigenvalue weighted by Gasteiger charge is -2.26. The van der Waals surface area contributed by atoms with E-state index >= 15 is 0 Å². The molecule has 142 valence electrons. The van der Waals surface area contributed by atoms with E-state index in [0.717, 1.165) is 38.9 Å². The highest BCUT2D eigenvalue weighted by Gasteiger charge is 2.23. The molecule has 3 heterocycles. The molecule has 3 rings (SSSR count). The fourth-order valence-electron chi connectivity index (χ4n) is 3.30. The molecule has 1 aliphatic rings. The van der Waals surface area contributed by atoms with E-state index in [0.29, 0.717) is 30.8 Å². The first-order valence-corrected chi connectivity index (χ1v) is 9.10. The lowest BCUT2D eigenvalue weighted by Crippen LogP contribution is -2.42. The standard InChI is InChI=1S/C17H27N7O2/c1-14-20-16(21-26-14)12-22(2)15-4-3-8-24(9-5-15)17(25)19-7-11-23-10-6-18-13-23/h6,10,13,15H,3-5,7-9,11-12H2,1-2H3,(H,19,25)/t15-/m1/s1. The highest BCUT2D eigenvalue weighted by atomic mass is 16.5. The second kappa shape index (κ2) is 8.79. The molecule has 26 heavy (non-hydrogen) atoms. The summed E-state index contributed by atoms with van der Waals surface area (Å²) in [7, 11) is 2.08. The number of amides is 2. The normalized spacial score (nSPS) is 18.1. The monoisotopic (exact) mass is 361 g/mol. The molecule has 0 aliphatic carbocycles. The van der Waals surface area contributed by atoms with Crippen LogP contribution < -0.4 is 5.32 Å². The summed E-state index contributed by atoms with van der Waals surface area (Å²) < 4.78 is 6.99. The number of nitrogens with one attached hydrogen (secondary N) is 1. The maximum absolute atomic E-state index is 12.4. The van der Waals surface area contributed by atoms with Crippen LogP contribution in [0.3, 0.4) is 0 Å². The van der Waals surface area contributed by atoms with Gasteiger partial charge in [-0.15, -0.1) is 0 Å². The Morgan fingerprint density at radius 3 is 3.04 bits per heavy atom. The van der Waals surface area contributed by atoms with Gasteiger partial charge in [-0.05, 0) is 26.3 Å². The fraction of sp³-hybridized carbons (Fsp3) is 0.647. The van der Waals surface area contributed by atoms with Crippen molar-refractivity contribution in [2.75, 3.05) is 26.7 Å². The van der Waals surface area contributed by atoms with E-state index in [1.807, 2.05) is 15.7 Å². The number of hydrogen-bond donors (Lipinski definition) is 1. The highest BCUT2D eigenvalue weighted by Crippen LogP contribution is 2.17. The quantitative estimate of drug-likeness (QED) is 0.833. The Morgan fingerprint density at radius 2 is 2.31 bits per heavy atom. The minimum atomic E-state index is 0.0159. The van der Waals surface area contributed by atoms with Gasteiger partial charge in [0, 0.05) is 51.5 Å². The summed E-state index contributed by atoms with van der Waals surface area (Å²) in [6.07, 6.45) is 8.39. The summed E-state index contributed by atoms with van der Waals surface area (Å²) in [5, 5.41) is 6.96. The van der Waals surface area contributed by atoms with Crippen molar-refractivity contribution in [3.05, 3.63) is 30.4 Å². The van der Waals surface area contributed by atoms with E-state index in [2.05, 4.69) is 32.4 Å². The van der Waals surface area contributed by atoms with E-state index in [4.69, 9.17) is 4.52 Å². The van der Waals surface area contributed by atoms with Gasteiger partial charge in [0.15, 0.2) is 5.82 Å². The molecule has 1 saturated heterocycles. The maximum Gasteiger partial charge on any atom is 0.317 e. The van der Waals surface area contributed by atoms with Crippen molar-refractivity contribution >= 4 is 6.03 Å². The average Bonchev–Trinajstić information content (AvgIpc) is 3.20. The van der Waals surface area contributed by atoms with Crippen molar-refractivity contribution < 1.29 is 9.32 Å². The average molecular weight is 361 g/mol. The van der Waals surface area contributed by atoms with Gasteiger partial charge in [-0.1, -0.05) is 5.16 Å². The van der Waals surface area contributed by atoms with Crippen molar-refractivity contribution in [3.8, 4) is 0 Å². The highest BCUT2D eigenvalue weighted by molar-refractivity contribution is 5.74. The van der Waals surface area contributed by atoms with Crippen LogP contribution in [-0.2, 0) is 13.1 Å². The Hall–Kier alpha value is -2.42. The predicted molar refractivity (Wildman–Crippen MR) is 95.3 cm³/mol. The number of carbonyl (C=O) groups is 1. The van der Waals surface area contributed by atoms with Gasteiger partial charge in [0.25, 0.3) is 0 Å². The van der Waals surface area contributed by atoms with E-state index in [1.54, 1.807) is 19.4 Å². The first-order valence-electron chi connectivity index (χ1n) is 9.10. The maximum atomic E-state index is 12.4. The third kappa shape index (κ3) is 5.04. The molecule has 0 unspecified atom stereocenters. The molecule has 1 aliphatic heterocycles. The lowest BCUT2D eigenvalue weighted by molar-refractivity contribution is 0.189. The molecule has 2 amide bonds. The molecule has 1 N–H and O–H groups in total. The number of aryl methyl sites for hydroxylation is 1. The van der Waals surface area contributed by atoms with Gasteiger partial charge in [0.2, 0.25) is 5.89 Å². The Labute approximate surface area is 153 Å². The number of urea groups is 1. The van der Waals surface area contributed by atoms with E-state index in [1.165, 1.54) is 0 Å². The molecule has 2 aromatic rings. The lowest BCUT2D eigenvalue weighted by atomic mass is 10.1. The first-order chi connectivity index (χ1) is 12.6. The van der Waals surface area contributed by atoms with Gasteiger partial charge in [-0.2, -0.15) is 4.98 Å².